The monoisotopic (exact) mass is 213 g/mol. The van der Waals surface area contributed by atoms with Crippen molar-refractivity contribution >= 4 is 5.69 Å². The zero-order valence-electron chi connectivity index (χ0n) is 9.57. The molecule has 0 fully saturated rings. The maximum atomic E-state index is 9.04. The molecule has 0 saturated carbocycles. The Morgan fingerprint density at radius 3 is 2.88 bits per heavy atom. The van der Waals surface area contributed by atoms with E-state index in [1.807, 2.05) is 13.1 Å². The third kappa shape index (κ3) is 1.58. The number of rotatable bonds is 1. The molecule has 1 aliphatic heterocycles. The second-order valence-corrected chi connectivity index (χ2v) is 4.02. The lowest BCUT2D eigenvalue weighted by Gasteiger charge is -2.30. The van der Waals surface area contributed by atoms with Gasteiger partial charge in [0.1, 0.15) is 0 Å². The Morgan fingerprint density at radius 1 is 1.50 bits per heavy atom. The molecule has 0 aromatic heterocycles. The molecule has 82 valence electrons. The highest BCUT2D eigenvalue weighted by Gasteiger charge is 2.23. The van der Waals surface area contributed by atoms with Gasteiger partial charge >= 0.3 is 0 Å². The van der Waals surface area contributed by atoms with Gasteiger partial charge in [0.05, 0.1) is 17.7 Å². The Bertz CT molecular complexity index is 482. The minimum absolute atomic E-state index is 0.289. The van der Waals surface area contributed by atoms with E-state index in [4.69, 9.17) is 11.0 Å². The van der Waals surface area contributed by atoms with Crippen molar-refractivity contribution in [2.24, 2.45) is 5.73 Å². The van der Waals surface area contributed by atoms with Crippen molar-refractivity contribution in [3.05, 3.63) is 41.1 Å². The van der Waals surface area contributed by atoms with Gasteiger partial charge in [0.2, 0.25) is 0 Å². The van der Waals surface area contributed by atoms with Crippen LogP contribution in [-0.2, 0) is 0 Å². The van der Waals surface area contributed by atoms with Gasteiger partial charge < -0.3 is 10.6 Å². The predicted octanol–water partition coefficient (Wildman–Crippen LogP) is 2.24. The van der Waals surface area contributed by atoms with Gasteiger partial charge in [0.15, 0.2) is 0 Å². The van der Waals surface area contributed by atoms with Gasteiger partial charge in [0, 0.05) is 18.4 Å². The summed E-state index contributed by atoms with van der Waals surface area (Å²) in [6, 6.07) is 8.08. The quantitative estimate of drug-likeness (QED) is 0.778. The maximum absolute atomic E-state index is 9.04. The van der Waals surface area contributed by atoms with Crippen LogP contribution in [0.1, 0.15) is 24.1 Å². The highest BCUT2D eigenvalue weighted by molar-refractivity contribution is 5.64. The third-order valence-corrected chi connectivity index (χ3v) is 2.93. The van der Waals surface area contributed by atoms with Crippen molar-refractivity contribution in [3.8, 4) is 6.07 Å². The first-order valence-corrected chi connectivity index (χ1v) is 5.42. The number of benzene rings is 1. The molecule has 1 aromatic carbocycles. The molecule has 1 aromatic rings. The van der Waals surface area contributed by atoms with Gasteiger partial charge in [-0.3, -0.25) is 0 Å². The highest BCUT2D eigenvalue weighted by Crippen LogP contribution is 2.34. The summed E-state index contributed by atoms with van der Waals surface area (Å²) in [4.78, 5) is 2.07. The van der Waals surface area contributed by atoms with Gasteiger partial charge in [-0.2, -0.15) is 5.26 Å². The van der Waals surface area contributed by atoms with Crippen molar-refractivity contribution in [2.75, 3.05) is 11.4 Å². The third-order valence-electron chi connectivity index (χ3n) is 2.93. The van der Waals surface area contributed by atoms with Crippen LogP contribution in [-0.4, -0.2) is 6.54 Å². The van der Waals surface area contributed by atoms with Gasteiger partial charge in [0.25, 0.3) is 0 Å². The minimum atomic E-state index is -0.289. The van der Waals surface area contributed by atoms with Crippen molar-refractivity contribution in [3.63, 3.8) is 0 Å². The van der Waals surface area contributed by atoms with Crippen LogP contribution in [0.5, 0.6) is 0 Å². The van der Waals surface area contributed by atoms with E-state index in [-0.39, 0.29) is 6.04 Å². The second kappa shape index (κ2) is 3.99. The second-order valence-electron chi connectivity index (χ2n) is 4.02. The first-order valence-electron chi connectivity index (χ1n) is 5.42. The standard InChI is InChI=1S/C13H15N3/c1-3-16-8-10(7-14)13(15)11-6-9(2)4-5-12(11)16/h4-6,8,13H,3,15H2,1-2H3. The molecular formula is C13H15N3. The SMILES string of the molecule is CCN1C=C(C#N)C(N)c2cc(C)ccc21. The summed E-state index contributed by atoms with van der Waals surface area (Å²) >= 11 is 0. The number of nitrogens with zero attached hydrogens (tertiary/aromatic N) is 2. The van der Waals surface area contributed by atoms with E-state index in [0.717, 1.165) is 17.8 Å². The molecular weight excluding hydrogens is 198 g/mol. The maximum Gasteiger partial charge on any atom is 0.0982 e. The van der Waals surface area contributed by atoms with Gasteiger partial charge in [-0.25, -0.2) is 0 Å². The Hall–Kier alpha value is -1.79. The number of fused-ring (bicyclic) bond motifs is 1. The lowest BCUT2D eigenvalue weighted by atomic mass is 9.94. The van der Waals surface area contributed by atoms with Crippen molar-refractivity contribution < 1.29 is 0 Å². The summed E-state index contributed by atoms with van der Waals surface area (Å²) in [6.07, 6.45) is 1.85. The summed E-state index contributed by atoms with van der Waals surface area (Å²) in [7, 11) is 0. The summed E-state index contributed by atoms with van der Waals surface area (Å²) in [5.74, 6) is 0. The molecule has 1 unspecified atom stereocenters. The lowest BCUT2D eigenvalue weighted by molar-refractivity contribution is 0.820. The average Bonchev–Trinajstić information content (AvgIpc) is 2.30. The van der Waals surface area contributed by atoms with Gasteiger partial charge in [-0.1, -0.05) is 17.7 Å². The molecule has 3 heteroatoms. The van der Waals surface area contributed by atoms with Crippen LogP contribution in [0.3, 0.4) is 0 Å². The van der Waals surface area contributed by atoms with Crippen LogP contribution in [0.4, 0.5) is 5.69 Å². The molecule has 0 amide bonds. The predicted molar refractivity (Wildman–Crippen MR) is 64.8 cm³/mol. The molecule has 2 rings (SSSR count). The fraction of sp³-hybridized carbons (Fsp3) is 0.308. The van der Waals surface area contributed by atoms with Gasteiger partial charge in [-0.05, 0) is 25.5 Å². The number of hydrogen-bond donors (Lipinski definition) is 1. The van der Waals surface area contributed by atoms with Crippen LogP contribution >= 0.6 is 0 Å². The summed E-state index contributed by atoms with van der Waals surface area (Å²) in [5, 5.41) is 9.04. The number of nitrogens with two attached hydrogens (primary N) is 1. The highest BCUT2D eigenvalue weighted by atomic mass is 15.1. The molecule has 2 N–H and O–H groups in total. The summed E-state index contributed by atoms with van der Waals surface area (Å²) < 4.78 is 0. The molecule has 0 bridgehead atoms. The molecule has 0 radical (unpaired) electrons. The largest absolute Gasteiger partial charge is 0.347 e. The minimum Gasteiger partial charge on any atom is -0.347 e. The van der Waals surface area contributed by atoms with Crippen LogP contribution in [0.2, 0.25) is 0 Å². The molecule has 0 spiro atoms. The van der Waals surface area contributed by atoms with Crippen LogP contribution in [0.15, 0.2) is 30.0 Å². The van der Waals surface area contributed by atoms with E-state index >= 15 is 0 Å². The molecule has 0 aliphatic carbocycles. The fourth-order valence-corrected chi connectivity index (χ4v) is 2.03. The summed E-state index contributed by atoms with van der Waals surface area (Å²) in [5.41, 5.74) is 10.0. The zero-order valence-corrected chi connectivity index (χ0v) is 9.57. The van der Waals surface area contributed by atoms with Crippen molar-refractivity contribution in [1.82, 2.24) is 0 Å². The van der Waals surface area contributed by atoms with Crippen LogP contribution in [0, 0.1) is 18.3 Å². The Labute approximate surface area is 95.8 Å². The lowest BCUT2D eigenvalue weighted by Crippen LogP contribution is -2.27. The van der Waals surface area contributed by atoms with Crippen molar-refractivity contribution in [2.45, 2.75) is 19.9 Å². The molecule has 1 aliphatic rings. The van der Waals surface area contributed by atoms with Crippen LogP contribution < -0.4 is 10.6 Å². The van der Waals surface area contributed by atoms with Gasteiger partial charge in [-0.15, -0.1) is 0 Å². The smallest absolute Gasteiger partial charge is 0.0982 e. The van der Waals surface area contributed by atoms with Crippen molar-refractivity contribution in [1.29, 1.82) is 5.26 Å². The number of aryl methyl sites for hydroxylation is 1. The normalized spacial score (nSPS) is 18.8. The fourth-order valence-electron chi connectivity index (χ4n) is 2.03. The average molecular weight is 213 g/mol. The van der Waals surface area contributed by atoms with E-state index in [2.05, 4.69) is 36.1 Å². The molecule has 16 heavy (non-hydrogen) atoms. The number of hydrogen-bond acceptors (Lipinski definition) is 3. The number of anilines is 1. The van der Waals surface area contributed by atoms with E-state index in [0.29, 0.717) is 5.57 Å². The first-order chi connectivity index (χ1) is 7.67. The van der Waals surface area contributed by atoms with E-state index < -0.39 is 0 Å². The zero-order chi connectivity index (χ0) is 11.7. The molecule has 1 atom stereocenters. The Morgan fingerprint density at radius 2 is 2.25 bits per heavy atom. The van der Waals surface area contributed by atoms with E-state index in [1.54, 1.807) is 0 Å². The summed E-state index contributed by atoms with van der Waals surface area (Å²) in [6.45, 7) is 4.94. The Balaban J connectivity index is 2.57. The topological polar surface area (TPSA) is 53.0 Å². The van der Waals surface area contributed by atoms with Crippen LogP contribution in [0.25, 0.3) is 0 Å². The first kappa shape index (κ1) is 10.7. The molecule has 0 saturated heterocycles. The van der Waals surface area contributed by atoms with E-state index in [1.165, 1.54) is 5.56 Å². The molecule has 1 heterocycles. The Kier molecular flexibility index (Phi) is 2.67. The molecule has 3 nitrogen and oxygen atoms in total. The van der Waals surface area contributed by atoms with E-state index in [9.17, 15) is 0 Å². The number of nitriles is 1.